The molecule has 1 atom stereocenters. The van der Waals surface area contributed by atoms with E-state index in [9.17, 15) is 0 Å². The molecule has 1 aliphatic carbocycles. The highest BCUT2D eigenvalue weighted by atomic mass is 35.5. The van der Waals surface area contributed by atoms with E-state index < -0.39 is 5.41 Å². The Hall–Kier alpha value is -4.91. The summed E-state index contributed by atoms with van der Waals surface area (Å²) in [5, 5.41) is 3.24. The molecule has 0 fully saturated rings. The van der Waals surface area contributed by atoms with Gasteiger partial charge in [-0.25, -0.2) is 0 Å². The van der Waals surface area contributed by atoms with Crippen LogP contribution in [0.3, 0.4) is 0 Å². The monoisotopic (exact) mass is 554 g/mol. The molecule has 0 saturated carbocycles. The lowest BCUT2D eigenvalue weighted by Gasteiger charge is -2.34. The lowest BCUT2D eigenvalue weighted by molar-refractivity contribution is 0.770. The fourth-order valence-corrected chi connectivity index (χ4v) is 7.28. The number of rotatable bonds is 4. The largest absolute Gasteiger partial charge is 0.0836 e. The predicted octanol–water partition coefficient (Wildman–Crippen LogP) is 11.2. The average Bonchev–Trinajstić information content (AvgIpc) is 3.37. The standard InChI is InChI=1S/C41H27Cl/c42-39-27-31(28-12-3-1-4-13-28)23-25-34(39)35-19-11-21-38-40(35)36-18-9-10-20-37(36)41(38,32-16-5-2-6-17-32)33-24-22-29-14-7-8-15-30(29)26-33/h1-27H. The SMILES string of the molecule is Clc1cc(-c2ccccc2)ccc1-c1cccc2c1-c1ccccc1C2(c1ccccc1)c1ccc2ccccc2c1. The summed E-state index contributed by atoms with van der Waals surface area (Å²) in [6.07, 6.45) is 0. The Bertz CT molecular complexity index is 2090. The molecule has 7 aromatic rings. The summed E-state index contributed by atoms with van der Waals surface area (Å²) in [6, 6.07) is 59.1. The maximum Gasteiger partial charge on any atom is 0.0714 e. The highest BCUT2D eigenvalue weighted by Crippen LogP contribution is 2.58. The van der Waals surface area contributed by atoms with Gasteiger partial charge in [-0.3, -0.25) is 0 Å². The molecule has 0 saturated heterocycles. The van der Waals surface area contributed by atoms with Gasteiger partial charge in [-0.1, -0.05) is 163 Å². The fraction of sp³-hybridized carbons (Fsp3) is 0.0244. The van der Waals surface area contributed by atoms with Gasteiger partial charge >= 0.3 is 0 Å². The van der Waals surface area contributed by atoms with E-state index in [1.807, 2.05) is 6.07 Å². The summed E-state index contributed by atoms with van der Waals surface area (Å²) in [5.41, 5.74) is 11.6. The number of fused-ring (bicyclic) bond motifs is 4. The zero-order valence-corrected chi connectivity index (χ0v) is 23.7. The quantitative estimate of drug-likeness (QED) is 0.203. The van der Waals surface area contributed by atoms with Crippen LogP contribution in [0.5, 0.6) is 0 Å². The highest BCUT2D eigenvalue weighted by molar-refractivity contribution is 6.34. The minimum Gasteiger partial charge on any atom is -0.0836 e. The molecule has 7 aromatic carbocycles. The minimum absolute atomic E-state index is 0.469. The van der Waals surface area contributed by atoms with Crippen LogP contribution >= 0.6 is 11.6 Å². The van der Waals surface area contributed by atoms with E-state index in [1.165, 1.54) is 44.2 Å². The molecule has 0 spiro atoms. The van der Waals surface area contributed by atoms with Gasteiger partial charge in [-0.15, -0.1) is 0 Å². The molecule has 1 unspecified atom stereocenters. The summed E-state index contributed by atoms with van der Waals surface area (Å²) in [6.45, 7) is 0. The van der Waals surface area contributed by atoms with Gasteiger partial charge in [0.05, 0.1) is 5.41 Å². The molecule has 0 amide bonds. The Kier molecular flexibility index (Phi) is 5.84. The Morgan fingerprint density at radius 3 is 1.86 bits per heavy atom. The summed E-state index contributed by atoms with van der Waals surface area (Å²) in [7, 11) is 0. The van der Waals surface area contributed by atoms with Crippen molar-refractivity contribution in [2.24, 2.45) is 0 Å². The van der Waals surface area contributed by atoms with Crippen molar-refractivity contribution < 1.29 is 0 Å². The van der Waals surface area contributed by atoms with Crippen LogP contribution < -0.4 is 0 Å². The molecule has 0 N–H and O–H groups in total. The molecule has 0 aromatic heterocycles. The Labute approximate surface area is 251 Å². The second kappa shape index (κ2) is 9.87. The third-order valence-electron chi connectivity index (χ3n) is 8.82. The van der Waals surface area contributed by atoms with E-state index in [1.54, 1.807) is 0 Å². The van der Waals surface area contributed by atoms with Gasteiger partial charge < -0.3 is 0 Å². The maximum absolute atomic E-state index is 7.11. The first-order chi connectivity index (χ1) is 20.7. The zero-order valence-electron chi connectivity index (χ0n) is 23.0. The maximum atomic E-state index is 7.11. The number of benzene rings is 7. The first kappa shape index (κ1) is 24.9. The summed E-state index contributed by atoms with van der Waals surface area (Å²) < 4.78 is 0. The molecule has 1 aliphatic rings. The smallest absolute Gasteiger partial charge is 0.0714 e. The Morgan fingerprint density at radius 1 is 0.381 bits per heavy atom. The molecular formula is C41H27Cl. The van der Waals surface area contributed by atoms with Crippen LogP contribution in [0.4, 0.5) is 0 Å². The first-order valence-corrected chi connectivity index (χ1v) is 14.8. The van der Waals surface area contributed by atoms with Crippen LogP contribution in [0, 0.1) is 0 Å². The van der Waals surface area contributed by atoms with Crippen molar-refractivity contribution in [3.05, 3.63) is 191 Å². The molecule has 8 rings (SSSR count). The second-order valence-electron chi connectivity index (χ2n) is 11.0. The van der Waals surface area contributed by atoms with E-state index in [4.69, 9.17) is 11.6 Å². The first-order valence-electron chi connectivity index (χ1n) is 14.4. The van der Waals surface area contributed by atoms with Crippen molar-refractivity contribution in [2.45, 2.75) is 5.41 Å². The summed E-state index contributed by atoms with van der Waals surface area (Å²) in [5.74, 6) is 0. The van der Waals surface area contributed by atoms with Gasteiger partial charge in [0.1, 0.15) is 0 Å². The zero-order chi connectivity index (χ0) is 28.1. The Morgan fingerprint density at radius 2 is 1.05 bits per heavy atom. The molecule has 0 radical (unpaired) electrons. The summed E-state index contributed by atoms with van der Waals surface area (Å²) >= 11 is 7.11. The molecule has 0 aliphatic heterocycles. The van der Waals surface area contributed by atoms with Crippen molar-refractivity contribution >= 4 is 22.4 Å². The number of halogens is 1. The minimum atomic E-state index is -0.469. The van der Waals surface area contributed by atoms with Gasteiger partial charge in [0, 0.05) is 10.6 Å². The second-order valence-corrected chi connectivity index (χ2v) is 11.4. The van der Waals surface area contributed by atoms with E-state index in [2.05, 4.69) is 158 Å². The third-order valence-corrected chi connectivity index (χ3v) is 9.14. The lowest BCUT2D eigenvalue weighted by atomic mass is 9.67. The third kappa shape index (κ3) is 3.69. The van der Waals surface area contributed by atoms with E-state index in [0.717, 1.165) is 27.3 Å². The van der Waals surface area contributed by atoms with E-state index >= 15 is 0 Å². The van der Waals surface area contributed by atoms with Crippen molar-refractivity contribution in [3.63, 3.8) is 0 Å². The molecule has 1 heteroatoms. The van der Waals surface area contributed by atoms with Crippen LogP contribution in [0.25, 0.3) is 44.2 Å². The van der Waals surface area contributed by atoms with Crippen molar-refractivity contribution in [2.75, 3.05) is 0 Å². The van der Waals surface area contributed by atoms with Crippen LogP contribution in [0.2, 0.25) is 5.02 Å². The van der Waals surface area contributed by atoms with Gasteiger partial charge in [0.25, 0.3) is 0 Å². The van der Waals surface area contributed by atoms with Gasteiger partial charge in [-0.2, -0.15) is 0 Å². The van der Waals surface area contributed by atoms with Crippen molar-refractivity contribution in [3.8, 4) is 33.4 Å². The molecule has 0 bridgehead atoms. The topological polar surface area (TPSA) is 0 Å². The van der Waals surface area contributed by atoms with Gasteiger partial charge in [-0.05, 0) is 73.0 Å². The molecule has 198 valence electrons. The number of hydrogen-bond donors (Lipinski definition) is 0. The molecule has 0 nitrogen and oxygen atoms in total. The van der Waals surface area contributed by atoms with Crippen molar-refractivity contribution in [1.29, 1.82) is 0 Å². The number of hydrogen-bond acceptors (Lipinski definition) is 0. The highest BCUT2D eigenvalue weighted by Gasteiger charge is 2.46. The normalized spacial score (nSPS) is 15.4. The molecular weight excluding hydrogens is 528 g/mol. The van der Waals surface area contributed by atoms with Gasteiger partial charge in [0.2, 0.25) is 0 Å². The molecule has 0 heterocycles. The van der Waals surface area contributed by atoms with E-state index in [0.29, 0.717) is 0 Å². The predicted molar refractivity (Wildman–Crippen MR) is 177 cm³/mol. The molecule has 42 heavy (non-hydrogen) atoms. The van der Waals surface area contributed by atoms with Gasteiger partial charge in [0.15, 0.2) is 0 Å². The van der Waals surface area contributed by atoms with Crippen LogP contribution in [-0.2, 0) is 5.41 Å². The lowest BCUT2D eigenvalue weighted by Crippen LogP contribution is -2.28. The summed E-state index contributed by atoms with van der Waals surface area (Å²) in [4.78, 5) is 0. The van der Waals surface area contributed by atoms with Crippen molar-refractivity contribution in [1.82, 2.24) is 0 Å². The van der Waals surface area contributed by atoms with Crippen LogP contribution in [-0.4, -0.2) is 0 Å². The Balaban J connectivity index is 1.43. The van der Waals surface area contributed by atoms with Crippen LogP contribution in [0.1, 0.15) is 22.3 Å². The average molecular weight is 555 g/mol. The van der Waals surface area contributed by atoms with E-state index in [-0.39, 0.29) is 0 Å². The fourth-order valence-electron chi connectivity index (χ4n) is 7.00. The van der Waals surface area contributed by atoms with Crippen LogP contribution in [0.15, 0.2) is 164 Å².